The van der Waals surface area contributed by atoms with E-state index in [0.717, 1.165) is 19.5 Å². The Kier molecular flexibility index (Phi) is 4.20. The molecule has 2 rings (SSSR count). The molecule has 19 heavy (non-hydrogen) atoms. The van der Waals surface area contributed by atoms with Crippen molar-refractivity contribution in [3.05, 3.63) is 35.1 Å². The SMILES string of the molecule is Cc1cc(C(=O)N(C)CC2CCCN2C)ccc1F. The predicted octanol–water partition coefficient (Wildman–Crippen LogP) is 2.30. The number of aryl methyl sites for hydroxylation is 1. The molecule has 1 aromatic rings. The van der Waals surface area contributed by atoms with Crippen molar-refractivity contribution in [1.82, 2.24) is 9.80 Å². The molecule has 1 amide bonds. The van der Waals surface area contributed by atoms with Crippen molar-refractivity contribution in [3.8, 4) is 0 Å². The molecule has 1 aromatic carbocycles. The molecule has 1 heterocycles. The number of hydrogen-bond donors (Lipinski definition) is 0. The van der Waals surface area contributed by atoms with Gasteiger partial charge in [0.1, 0.15) is 5.82 Å². The van der Waals surface area contributed by atoms with Crippen LogP contribution in [0.25, 0.3) is 0 Å². The normalized spacial score (nSPS) is 19.7. The maximum atomic E-state index is 13.2. The third kappa shape index (κ3) is 3.13. The van der Waals surface area contributed by atoms with Gasteiger partial charge in [0.05, 0.1) is 0 Å². The molecule has 0 aromatic heterocycles. The lowest BCUT2D eigenvalue weighted by Gasteiger charge is -2.26. The summed E-state index contributed by atoms with van der Waals surface area (Å²) in [6.45, 7) is 3.50. The van der Waals surface area contributed by atoms with Gasteiger partial charge in [-0.15, -0.1) is 0 Å². The van der Waals surface area contributed by atoms with Gasteiger partial charge >= 0.3 is 0 Å². The highest BCUT2D eigenvalue weighted by molar-refractivity contribution is 5.94. The van der Waals surface area contributed by atoms with Crippen LogP contribution in [0.4, 0.5) is 4.39 Å². The minimum Gasteiger partial charge on any atom is -0.340 e. The van der Waals surface area contributed by atoms with Gasteiger partial charge < -0.3 is 9.80 Å². The number of likely N-dealkylation sites (tertiary alicyclic amines) is 1. The lowest BCUT2D eigenvalue weighted by atomic mass is 10.1. The summed E-state index contributed by atoms with van der Waals surface area (Å²) in [6, 6.07) is 4.97. The Labute approximate surface area is 114 Å². The second kappa shape index (κ2) is 5.70. The Hall–Kier alpha value is -1.42. The van der Waals surface area contributed by atoms with Crippen LogP contribution in [0.15, 0.2) is 18.2 Å². The second-order valence-corrected chi connectivity index (χ2v) is 5.43. The molecular formula is C15H21FN2O. The smallest absolute Gasteiger partial charge is 0.253 e. The minimum absolute atomic E-state index is 0.0385. The van der Waals surface area contributed by atoms with Crippen LogP contribution >= 0.6 is 0 Å². The summed E-state index contributed by atoms with van der Waals surface area (Å²) in [6.07, 6.45) is 2.33. The predicted molar refractivity (Wildman–Crippen MR) is 73.7 cm³/mol. The fraction of sp³-hybridized carbons (Fsp3) is 0.533. The largest absolute Gasteiger partial charge is 0.340 e. The number of nitrogens with zero attached hydrogens (tertiary/aromatic N) is 2. The molecule has 1 unspecified atom stereocenters. The standard InChI is InChI=1S/C15H21FN2O/c1-11-9-12(6-7-14(11)16)15(19)18(3)10-13-5-4-8-17(13)2/h6-7,9,13H,4-5,8,10H2,1-3H3. The van der Waals surface area contributed by atoms with Crippen LogP contribution in [-0.4, -0.2) is 48.9 Å². The van der Waals surface area contributed by atoms with E-state index in [2.05, 4.69) is 11.9 Å². The first-order valence-corrected chi connectivity index (χ1v) is 6.71. The van der Waals surface area contributed by atoms with E-state index in [1.54, 1.807) is 24.0 Å². The maximum absolute atomic E-state index is 13.2. The number of rotatable bonds is 3. The maximum Gasteiger partial charge on any atom is 0.253 e. The quantitative estimate of drug-likeness (QED) is 0.836. The van der Waals surface area contributed by atoms with Gasteiger partial charge in [0.15, 0.2) is 0 Å². The topological polar surface area (TPSA) is 23.6 Å². The van der Waals surface area contributed by atoms with Gasteiger partial charge in [-0.2, -0.15) is 0 Å². The molecule has 104 valence electrons. The average Bonchev–Trinajstić information content (AvgIpc) is 2.77. The van der Waals surface area contributed by atoms with Crippen molar-refractivity contribution in [2.75, 3.05) is 27.2 Å². The van der Waals surface area contributed by atoms with Gasteiger partial charge in [-0.05, 0) is 57.1 Å². The Morgan fingerprint density at radius 3 is 2.84 bits per heavy atom. The highest BCUT2D eigenvalue weighted by atomic mass is 19.1. The van der Waals surface area contributed by atoms with Gasteiger partial charge in [0.25, 0.3) is 5.91 Å². The van der Waals surface area contributed by atoms with Gasteiger partial charge in [0, 0.05) is 25.2 Å². The summed E-state index contributed by atoms with van der Waals surface area (Å²) < 4.78 is 13.2. The van der Waals surface area contributed by atoms with Crippen molar-refractivity contribution >= 4 is 5.91 Å². The molecule has 4 heteroatoms. The molecule has 0 radical (unpaired) electrons. The molecule has 0 aliphatic carbocycles. The zero-order valence-corrected chi connectivity index (χ0v) is 11.8. The molecule has 1 atom stereocenters. The summed E-state index contributed by atoms with van der Waals surface area (Å²) >= 11 is 0. The number of benzene rings is 1. The molecule has 3 nitrogen and oxygen atoms in total. The monoisotopic (exact) mass is 264 g/mol. The van der Waals surface area contributed by atoms with Crippen molar-refractivity contribution in [1.29, 1.82) is 0 Å². The van der Waals surface area contributed by atoms with Crippen molar-refractivity contribution < 1.29 is 9.18 Å². The number of amides is 1. The molecule has 1 aliphatic heterocycles. The Balaban J connectivity index is 2.03. The third-order valence-electron chi connectivity index (χ3n) is 3.91. The highest BCUT2D eigenvalue weighted by Crippen LogP contribution is 2.17. The van der Waals surface area contributed by atoms with Crippen LogP contribution in [-0.2, 0) is 0 Å². The van der Waals surface area contributed by atoms with Crippen molar-refractivity contribution in [3.63, 3.8) is 0 Å². The first-order valence-electron chi connectivity index (χ1n) is 6.71. The highest BCUT2D eigenvalue weighted by Gasteiger charge is 2.24. The molecule has 1 aliphatic rings. The summed E-state index contributed by atoms with van der Waals surface area (Å²) in [4.78, 5) is 16.3. The van der Waals surface area contributed by atoms with Crippen molar-refractivity contribution in [2.45, 2.75) is 25.8 Å². The second-order valence-electron chi connectivity index (χ2n) is 5.43. The van der Waals surface area contributed by atoms with Gasteiger partial charge in [0.2, 0.25) is 0 Å². The Morgan fingerprint density at radius 2 is 2.26 bits per heavy atom. The number of carbonyl (C=O) groups is 1. The molecule has 0 spiro atoms. The van der Waals surface area contributed by atoms with E-state index in [1.807, 2.05) is 7.05 Å². The zero-order valence-electron chi connectivity index (χ0n) is 11.8. The summed E-state index contributed by atoms with van der Waals surface area (Å²) in [5.41, 5.74) is 1.07. The van der Waals surface area contributed by atoms with E-state index < -0.39 is 0 Å². The van der Waals surface area contributed by atoms with E-state index in [0.29, 0.717) is 17.2 Å². The Bertz CT molecular complexity index is 475. The van der Waals surface area contributed by atoms with Crippen LogP contribution in [0.2, 0.25) is 0 Å². The minimum atomic E-state index is -0.269. The molecule has 1 saturated heterocycles. The van der Waals surface area contributed by atoms with E-state index in [1.165, 1.54) is 12.5 Å². The van der Waals surface area contributed by atoms with E-state index in [-0.39, 0.29) is 11.7 Å². The van der Waals surface area contributed by atoms with E-state index >= 15 is 0 Å². The van der Waals surface area contributed by atoms with E-state index in [9.17, 15) is 9.18 Å². The first kappa shape index (κ1) is 14.0. The summed E-state index contributed by atoms with van der Waals surface area (Å²) in [7, 11) is 3.91. The number of halogens is 1. The number of carbonyl (C=O) groups excluding carboxylic acids is 1. The van der Waals surface area contributed by atoms with Crippen molar-refractivity contribution in [2.24, 2.45) is 0 Å². The van der Waals surface area contributed by atoms with E-state index in [4.69, 9.17) is 0 Å². The number of likely N-dealkylation sites (N-methyl/N-ethyl adjacent to an activating group) is 2. The molecular weight excluding hydrogens is 243 g/mol. The van der Waals surface area contributed by atoms with Gasteiger partial charge in [-0.1, -0.05) is 0 Å². The lowest BCUT2D eigenvalue weighted by Crippen LogP contribution is -2.39. The Morgan fingerprint density at radius 1 is 1.53 bits per heavy atom. The average molecular weight is 264 g/mol. The molecule has 0 N–H and O–H groups in total. The molecule has 0 saturated carbocycles. The third-order valence-corrected chi connectivity index (χ3v) is 3.91. The van der Waals surface area contributed by atoms with Crippen LogP contribution in [0, 0.1) is 12.7 Å². The van der Waals surface area contributed by atoms with Gasteiger partial charge in [-0.25, -0.2) is 4.39 Å². The molecule has 0 bridgehead atoms. The van der Waals surface area contributed by atoms with Gasteiger partial charge in [-0.3, -0.25) is 4.79 Å². The van der Waals surface area contributed by atoms with Crippen LogP contribution < -0.4 is 0 Å². The fourth-order valence-corrected chi connectivity index (χ4v) is 2.61. The van der Waals surface area contributed by atoms with Crippen LogP contribution in [0.1, 0.15) is 28.8 Å². The van der Waals surface area contributed by atoms with Crippen LogP contribution in [0.5, 0.6) is 0 Å². The summed E-state index contributed by atoms with van der Waals surface area (Å²) in [5.74, 6) is -0.307. The summed E-state index contributed by atoms with van der Waals surface area (Å²) in [5, 5.41) is 0. The molecule has 1 fully saturated rings. The zero-order chi connectivity index (χ0) is 14.0. The van der Waals surface area contributed by atoms with Crippen LogP contribution in [0.3, 0.4) is 0 Å². The first-order chi connectivity index (χ1) is 8.99. The lowest BCUT2D eigenvalue weighted by molar-refractivity contribution is 0.0761. The number of hydrogen-bond acceptors (Lipinski definition) is 2. The fourth-order valence-electron chi connectivity index (χ4n) is 2.61.